The van der Waals surface area contributed by atoms with Gasteiger partial charge in [-0.3, -0.25) is 0 Å². The van der Waals surface area contributed by atoms with Crippen molar-refractivity contribution in [2.45, 2.75) is 0 Å². The molecule has 0 amide bonds. The minimum absolute atomic E-state index is 0.0789. The summed E-state index contributed by atoms with van der Waals surface area (Å²) in [6, 6.07) is 9.89. The smallest absolute Gasteiger partial charge is 0.121 e. The third-order valence-electron chi connectivity index (χ3n) is 1.10. The van der Waals surface area contributed by atoms with E-state index >= 15 is 0 Å². The molecule has 0 fully saturated rings. The lowest BCUT2D eigenvalue weighted by atomic mass is 10.1. The van der Waals surface area contributed by atoms with Gasteiger partial charge in [0.25, 0.3) is 0 Å². The van der Waals surface area contributed by atoms with Crippen LogP contribution in [0.3, 0.4) is 0 Å². The average Bonchev–Trinajstić information content (AvgIpc) is 2.03. The highest BCUT2D eigenvalue weighted by Gasteiger charge is 1.94. The molecule has 0 aliphatic rings. The van der Waals surface area contributed by atoms with Crippen LogP contribution in [-0.4, -0.2) is 4.36 Å². The molecule has 0 spiro atoms. The van der Waals surface area contributed by atoms with Gasteiger partial charge in [-0.15, -0.1) is 37.3 Å². The maximum Gasteiger partial charge on any atom is 0.378 e. The fourth-order valence-electron chi connectivity index (χ4n) is 0.659. The van der Waals surface area contributed by atoms with Crippen molar-refractivity contribution in [1.82, 2.24) is 0 Å². The first-order valence-corrected chi connectivity index (χ1v) is 4.97. The van der Waals surface area contributed by atoms with Gasteiger partial charge in [0, 0.05) is 5.56 Å². The van der Waals surface area contributed by atoms with Crippen molar-refractivity contribution in [1.29, 1.82) is 0 Å². The molecular formula is C8H5BBr2. The van der Waals surface area contributed by atoms with Gasteiger partial charge in [-0.05, 0) is 12.1 Å². The molecule has 0 unspecified atom stereocenters. The maximum atomic E-state index is 3.27. The van der Waals surface area contributed by atoms with E-state index in [-0.39, 0.29) is 4.36 Å². The summed E-state index contributed by atoms with van der Waals surface area (Å²) >= 11 is 6.55. The molecule has 1 aromatic rings. The van der Waals surface area contributed by atoms with Gasteiger partial charge in [-0.2, -0.15) is 0 Å². The van der Waals surface area contributed by atoms with E-state index < -0.39 is 0 Å². The Kier molecular flexibility index (Phi) is 3.75. The van der Waals surface area contributed by atoms with Gasteiger partial charge >= 0.3 is 4.36 Å². The van der Waals surface area contributed by atoms with Gasteiger partial charge in [0.2, 0.25) is 0 Å². The van der Waals surface area contributed by atoms with Crippen molar-refractivity contribution >= 4 is 35.9 Å². The second-order valence-corrected chi connectivity index (χ2v) is 5.00. The number of hydrogen-bond acceptors (Lipinski definition) is 0. The lowest BCUT2D eigenvalue weighted by molar-refractivity contribution is 1.65. The predicted octanol–water partition coefficient (Wildman–Crippen LogP) is 2.86. The van der Waals surface area contributed by atoms with Crippen molar-refractivity contribution in [3.8, 4) is 11.7 Å². The standard InChI is InChI=1S/C8H5BBr2/c10-9(11)7-6-8-4-2-1-3-5-8/h1-5H. The summed E-state index contributed by atoms with van der Waals surface area (Å²) < 4.78 is 0.0789. The number of rotatable bonds is 0. The van der Waals surface area contributed by atoms with Crippen LogP contribution in [0, 0.1) is 11.7 Å². The van der Waals surface area contributed by atoms with Gasteiger partial charge < -0.3 is 0 Å². The van der Waals surface area contributed by atoms with Crippen LogP contribution in [0.1, 0.15) is 5.56 Å². The van der Waals surface area contributed by atoms with Crippen LogP contribution in [0.15, 0.2) is 30.3 Å². The summed E-state index contributed by atoms with van der Waals surface area (Å²) in [4.78, 5) is 0. The zero-order valence-electron chi connectivity index (χ0n) is 5.72. The van der Waals surface area contributed by atoms with Gasteiger partial charge in [-0.25, -0.2) is 0 Å². The Hall–Kier alpha value is -0.195. The summed E-state index contributed by atoms with van der Waals surface area (Å²) in [6.45, 7) is 0. The zero-order valence-corrected chi connectivity index (χ0v) is 8.89. The SMILES string of the molecule is BrB(Br)C#Cc1ccccc1. The molecule has 11 heavy (non-hydrogen) atoms. The van der Waals surface area contributed by atoms with Crippen molar-refractivity contribution < 1.29 is 0 Å². The lowest BCUT2D eigenvalue weighted by Crippen LogP contribution is -1.82. The molecule has 1 aromatic carbocycles. The Morgan fingerprint density at radius 2 is 1.73 bits per heavy atom. The van der Waals surface area contributed by atoms with Crippen LogP contribution in [0.5, 0.6) is 0 Å². The molecule has 0 nitrogen and oxygen atoms in total. The number of halogens is 2. The third kappa shape index (κ3) is 3.64. The summed E-state index contributed by atoms with van der Waals surface area (Å²) in [5, 5.41) is 0. The zero-order chi connectivity index (χ0) is 8.10. The fourth-order valence-corrected chi connectivity index (χ4v) is 0.888. The molecule has 0 N–H and O–H groups in total. The topological polar surface area (TPSA) is 0 Å². The highest BCUT2D eigenvalue weighted by atomic mass is 79.9. The first kappa shape index (κ1) is 8.90. The largest absolute Gasteiger partial charge is 0.378 e. The van der Waals surface area contributed by atoms with E-state index in [1.165, 1.54) is 0 Å². The van der Waals surface area contributed by atoms with Gasteiger partial charge in [0.15, 0.2) is 0 Å². The Balaban J connectivity index is 2.75. The van der Waals surface area contributed by atoms with Crippen molar-refractivity contribution in [3.05, 3.63) is 35.9 Å². The van der Waals surface area contributed by atoms with Crippen LogP contribution >= 0.6 is 31.5 Å². The van der Waals surface area contributed by atoms with Gasteiger partial charge in [0.05, 0.1) is 0 Å². The van der Waals surface area contributed by atoms with Crippen LogP contribution < -0.4 is 0 Å². The van der Waals surface area contributed by atoms with Gasteiger partial charge in [-0.1, -0.05) is 24.1 Å². The molecule has 0 heterocycles. The van der Waals surface area contributed by atoms with Crippen LogP contribution in [0.4, 0.5) is 0 Å². The van der Waals surface area contributed by atoms with Gasteiger partial charge in [0.1, 0.15) is 0 Å². The molecule has 0 saturated heterocycles. The normalized spacial score (nSPS) is 8.18. The number of hydrogen-bond donors (Lipinski definition) is 0. The Morgan fingerprint density at radius 1 is 1.09 bits per heavy atom. The van der Waals surface area contributed by atoms with E-state index in [2.05, 4.69) is 43.3 Å². The van der Waals surface area contributed by atoms with E-state index in [0.717, 1.165) is 5.56 Å². The average molecular weight is 272 g/mol. The molecule has 54 valence electrons. The van der Waals surface area contributed by atoms with E-state index in [1.807, 2.05) is 30.3 Å². The molecule has 0 aromatic heterocycles. The van der Waals surface area contributed by atoms with E-state index in [9.17, 15) is 0 Å². The molecule has 0 bridgehead atoms. The Morgan fingerprint density at radius 3 is 2.27 bits per heavy atom. The summed E-state index contributed by atoms with van der Waals surface area (Å²) in [5.74, 6) is 5.95. The molecule has 0 aliphatic heterocycles. The molecule has 0 aliphatic carbocycles. The molecule has 0 atom stereocenters. The van der Waals surface area contributed by atoms with Crippen molar-refractivity contribution in [2.75, 3.05) is 0 Å². The lowest BCUT2D eigenvalue weighted by Gasteiger charge is -1.85. The summed E-state index contributed by atoms with van der Waals surface area (Å²) in [6.07, 6.45) is 0. The molecule has 3 heteroatoms. The first-order chi connectivity index (χ1) is 5.29. The quantitative estimate of drug-likeness (QED) is 0.503. The molecular weight excluding hydrogens is 267 g/mol. The summed E-state index contributed by atoms with van der Waals surface area (Å²) in [7, 11) is 0. The van der Waals surface area contributed by atoms with Crippen LogP contribution in [0.25, 0.3) is 0 Å². The minimum atomic E-state index is 0.0789. The van der Waals surface area contributed by atoms with Crippen LogP contribution in [-0.2, 0) is 0 Å². The van der Waals surface area contributed by atoms with Crippen molar-refractivity contribution in [2.24, 2.45) is 0 Å². The van der Waals surface area contributed by atoms with E-state index in [4.69, 9.17) is 0 Å². The third-order valence-corrected chi connectivity index (χ3v) is 1.56. The number of benzene rings is 1. The first-order valence-electron chi connectivity index (χ1n) is 3.14. The Labute approximate surface area is 83.4 Å². The highest BCUT2D eigenvalue weighted by Crippen LogP contribution is 2.01. The predicted molar refractivity (Wildman–Crippen MR) is 56.9 cm³/mol. The maximum absolute atomic E-state index is 3.27. The highest BCUT2D eigenvalue weighted by molar-refractivity contribution is 9.49. The molecule has 1 rings (SSSR count). The molecule has 0 radical (unpaired) electrons. The second kappa shape index (κ2) is 4.64. The monoisotopic (exact) mass is 270 g/mol. The van der Waals surface area contributed by atoms with Crippen LogP contribution in [0.2, 0.25) is 0 Å². The molecule has 0 saturated carbocycles. The fraction of sp³-hybridized carbons (Fsp3) is 0. The van der Waals surface area contributed by atoms with E-state index in [0.29, 0.717) is 0 Å². The Bertz CT molecular complexity index is 271. The van der Waals surface area contributed by atoms with Crippen molar-refractivity contribution in [3.63, 3.8) is 0 Å². The summed E-state index contributed by atoms with van der Waals surface area (Å²) in [5.41, 5.74) is 1.04. The van der Waals surface area contributed by atoms with E-state index in [1.54, 1.807) is 0 Å². The second-order valence-electron chi connectivity index (χ2n) is 1.94. The minimum Gasteiger partial charge on any atom is -0.121 e.